The summed E-state index contributed by atoms with van der Waals surface area (Å²) in [5.74, 6) is -3.25. The summed E-state index contributed by atoms with van der Waals surface area (Å²) in [6, 6.07) is 10.2. The highest BCUT2D eigenvalue weighted by molar-refractivity contribution is 7.91. The standard InChI is InChI=1S/C17H21N5O9S2.C16H18Cl2N2O4.C14H13F3N2O4S/c1-29-13-8-14(30-2)20-16(19-13)21-17(24)22-33(27,28)12-7-10(9-18-32(4,25)26)5-6-11(12)15(23)31-3;1-4-23-14(21)12-9-16(3,15(22)24-5-2)20(19-12)13-7-6-10(17)8-11(13)18;1-7-11(13(21)19(2)18-7)12(20)9-5-4-8(14(15,16)17)6-10(9)24(3,22)23/h5-8,18H,9H2,1-4H3,(H2,19,20,21,22,24);6-8H,4-5,9H2,1-3H3;4-6,18H,1-3H3. The molecule has 0 saturated heterocycles. The van der Waals surface area contributed by atoms with Gasteiger partial charge in [-0.1, -0.05) is 29.3 Å². The second-order valence-corrected chi connectivity index (χ2v) is 23.2. The number of esters is 3. The Balaban J connectivity index is 0.000000266. The molecular weight excluding hydrogens is 1190 g/mol. The number of sulfonamides is 2. The fraction of sp³-hybridized carbons (Fsp3) is 0.340. The Morgan fingerprint density at radius 2 is 1.42 bits per heavy atom. The van der Waals surface area contributed by atoms with Crippen molar-refractivity contribution in [2.75, 3.05) is 57.4 Å². The van der Waals surface area contributed by atoms with E-state index in [-0.39, 0.29) is 72.0 Å². The molecule has 5 aromatic rings. The van der Waals surface area contributed by atoms with Crippen LogP contribution in [0.1, 0.15) is 70.3 Å². The van der Waals surface area contributed by atoms with Crippen LogP contribution in [0.3, 0.4) is 0 Å². The summed E-state index contributed by atoms with van der Waals surface area (Å²) in [7, 11) is -7.30. The van der Waals surface area contributed by atoms with Crippen LogP contribution < -0.4 is 34.8 Å². The molecule has 34 heteroatoms. The molecule has 26 nitrogen and oxygen atoms in total. The maximum atomic E-state index is 12.9. The Labute approximate surface area is 471 Å². The number of carbonyl (C=O) groups excluding carboxylic acids is 5. The Hall–Kier alpha value is -7.65. The van der Waals surface area contributed by atoms with E-state index in [1.807, 2.05) is 0 Å². The fourth-order valence-electron chi connectivity index (χ4n) is 7.06. The molecule has 0 spiro atoms. The van der Waals surface area contributed by atoms with Crippen molar-refractivity contribution in [1.82, 2.24) is 29.2 Å². The summed E-state index contributed by atoms with van der Waals surface area (Å²) < 4.78 is 140. The molecule has 0 saturated carbocycles. The van der Waals surface area contributed by atoms with Crippen LogP contribution in [0.5, 0.6) is 11.8 Å². The minimum absolute atomic E-state index is 0.0408. The number of halogens is 5. The second-order valence-electron chi connectivity index (χ2n) is 16.9. The first-order chi connectivity index (χ1) is 37.5. The van der Waals surface area contributed by atoms with E-state index < -0.39 is 97.8 Å². The number of aryl methyl sites for hydroxylation is 2. The number of amides is 2. The minimum atomic E-state index is -4.76. The van der Waals surface area contributed by atoms with Crippen molar-refractivity contribution < 1.29 is 86.1 Å². The van der Waals surface area contributed by atoms with Crippen LogP contribution in [0.2, 0.25) is 10.0 Å². The Bertz CT molecular complexity index is 3670. The molecule has 1 aliphatic rings. The van der Waals surface area contributed by atoms with E-state index in [0.717, 1.165) is 36.2 Å². The van der Waals surface area contributed by atoms with Gasteiger partial charge < -0.3 is 23.7 Å². The highest BCUT2D eigenvalue weighted by Gasteiger charge is 2.49. The van der Waals surface area contributed by atoms with Gasteiger partial charge in [-0.2, -0.15) is 28.2 Å². The number of ether oxygens (including phenoxy) is 5. The maximum Gasteiger partial charge on any atom is 0.416 e. The SMILES string of the molecule is CCOC(=O)C1=NN(c2ccc(Cl)cc2Cl)C(C)(C(=O)OCC)C1.COC(=O)c1ccc(CNS(C)(=O)=O)cc1S(=O)(=O)NC(=O)Nc1nc(OC)cc(OC)n1.Cc1[nH]n(C)c(=O)c1C(=O)c1ccc(C(F)(F)F)cc1S(C)(=O)=O. The number of hydrazone groups is 1. The van der Waals surface area contributed by atoms with E-state index in [1.165, 1.54) is 45.3 Å². The van der Waals surface area contributed by atoms with E-state index in [9.17, 15) is 67.2 Å². The topological polar surface area (TPSA) is 349 Å². The lowest BCUT2D eigenvalue weighted by Gasteiger charge is -2.32. The van der Waals surface area contributed by atoms with Crippen LogP contribution in [0, 0.1) is 6.92 Å². The van der Waals surface area contributed by atoms with Gasteiger partial charge in [0.2, 0.25) is 33.5 Å². The number of H-pyrrole nitrogens is 1. The van der Waals surface area contributed by atoms with E-state index >= 15 is 0 Å². The predicted molar refractivity (Wildman–Crippen MR) is 285 cm³/mol. The number of benzene rings is 3. The highest BCUT2D eigenvalue weighted by atomic mass is 35.5. The summed E-state index contributed by atoms with van der Waals surface area (Å²) in [5.41, 5.74) is -3.28. The van der Waals surface area contributed by atoms with Crippen LogP contribution >= 0.6 is 23.2 Å². The maximum absolute atomic E-state index is 12.9. The number of ketones is 1. The second kappa shape index (κ2) is 26.7. The third-order valence-electron chi connectivity index (χ3n) is 10.8. The third-order valence-corrected chi connectivity index (χ3v) is 14.5. The molecule has 4 N–H and O–H groups in total. The molecule has 1 aliphatic heterocycles. The fourth-order valence-corrected chi connectivity index (χ4v) is 10.0. The van der Waals surface area contributed by atoms with Crippen molar-refractivity contribution in [3.63, 3.8) is 0 Å². The summed E-state index contributed by atoms with van der Waals surface area (Å²) in [4.78, 5) is 79.7. The van der Waals surface area contributed by atoms with Crippen LogP contribution in [-0.2, 0) is 73.5 Å². The normalized spacial score (nSPS) is 14.2. The largest absolute Gasteiger partial charge is 0.481 e. The summed E-state index contributed by atoms with van der Waals surface area (Å²) in [5, 5.41) is 11.1. The number of urea groups is 1. The molecule has 0 bridgehead atoms. The Kier molecular flexibility index (Phi) is 21.7. The number of rotatable bonds is 17. The number of methoxy groups -OCH3 is 3. The zero-order valence-electron chi connectivity index (χ0n) is 44.4. The van der Waals surface area contributed by atoms with Gasteiger partial charge >= 0.3 is 30.1 Å². The molecule has 0 aliphatic carbocycles. The highest BCUT2D eigenvalue weighted by Crippen LogP contribution is 2.39. The molecule has 0 radical (unpaired) electrons. The molecule has 2 aromatic heterocycles. The van der Waals surface area contributed by atoms with Gasteiger partial charge in [0.1, 0.15) is 16.2 Å². The number of alkyl halides is 3. The van der Waals surface area contributed by atoms with Gasteiger partial charge in [0.05, 0.1) is 73.6 Å². The van der Waals surface area contributed by atoms with Crippen LogP contribution in [-0.4, -0.2) is 133 Å². The monoisotopic (exact) mass is 1240 g/mol. The number of carbonyl (C=O) groups is 5. The van der Waals surface area contributed by atoms with Gasteiger partial charge in [-0.15, -0.1) is 0 Å². The van der Waals surface area contributed by atoms with E-state index in [0.29, 0.717) is 34.1 Å². The third kappa shape index (κ3) is 16.9. The van der Waals surface area contributed by atoms with Crippen LogP contribution in [0.4, 0.5) is 29.6 Å². The molecule has 3 heterocycles. The summed E-state index contributed by atoms with van der Waals surface area (Å²) in [6.07, 6.45) is -3.08. The molecular formula is C47H52Cl2F3N9O17S3. The zero-order valence-corrected chi connectivity index (χ0v) is 48.4. The molecule has 440 valence electrons. The van der Waals surface area contributed by atoms with Gasteiger partial charge in [-0.05, 0) is 81.8 Å². The number of sulfone groups is 1. The van der Waals surface area contributed by atoms with E-state index in [1.54, 1.807) is 43.7 Å². The van der Waals surface area contributed by atoms with Crippen LogP contribution in [0.15, 0.2) is 80.4 Å². The quantitative estimate of drug-likeness (QED) is 0.0543. The Morgan fingerprint density at radius 3 is 1.93 bits per heavy atom. The summed E-state index contributed by atoms with van der Waals surface area (Å²) in [6.45, 7) is 6.66. The number of hydrogen-bond acceptors (Lipinski definition) is 21. The lowest BCUT2D eigenvalue weighted by molar-refractivity contribution is -0.148. The van der Waals surface area contributed by atoms with Gasteiger partial charge in [0.25, 0.3) is 15.6 Å². The molecule has 1 unspecified atom stereocenters. The van der Waals surface area contributed by atoms with E-state index in [4.69, 9.17) is 42.1 Å². The molecule has 0 fully saturated rings. The van der Waals surface area contributed by atoms with Crippen LogP contribution in [0.25, 0.3) is 0 Å². The van der Waals surface area contributed by atoms with Crippen molar-refractivity contribution in [2.24, 2.45) is 12.1 Å². The first-order valence-corrected chi connectivity index (χ1v) is 28.9. The minimum Gasteiger partial charge on any atom is -0.481 e. The lowest BCUT2D eigenvalue weighted by atomic mass is 9.95. The first-order valence-electron chi connectivity index (χ1n) is 22.9. The number of nitrogens with one attached hydrogen (secondary N) is 4. The van der Waals surface area contributed by atoms with Crippen molar-refractivity contribution in [2.45, 2.75) is 62.2 Å². The molecule has 6 rings (SSSR count). The molecule has 81 heavy (non-hydrogen) atoms. The number of anilines is 2. The smallest absolute Gasteiger partial charge is 0.416 e. The Morgan fingerprint density at radius 1 is 0.815 bits per heavy atom. The van der Waals surface area contributed by atoms with Crippen molar-refractivity contribution >= 4 is 100 Å². The van der Waals surface area contributed by atoms with Gasteiger partial charge in [-0.25, -0.2) is 58.9 Å². The number of nitrogens with zero attached hydrogens (tertiary/aromatic N) is 5. The molecule has 3 aromatic carbocycles. The summed E-state index contributed by atoms with van der Waals surface area (Å²) >= 11 is 12.2. The average molecular weight is 1240 g/mol. The number of aromatic nitrogens is 4. The number of aromatic amines is 1. The van der Waals surface area contributed by atoms with Crippen molar-refractivity contribution in [3.05, 3.63) is 115 Å². The lowest BCUT2D eigenvalue weighted by Crippen LogP contribution is -2.48. The first kappa shape index (κ1) is 65.9. The van der Waals surface area contributed by atoms with Gasteiger partial charge in [-0.3, -0.25) is 24.7 Å². The average Bonchev–Trinajstić information content (AvgIpc) is 4.05. The van der Waals surface area contributed by atoms with E-state index in [2.05, 4.69) is 34.9 Å². The van der Waals surface area contributed by atoms with Gasteiger partial charge in [0, 0.05) is 42.5 Å². The van der Waals surface area contributed by atoms with Crippen molar-refractivity contribution in [1.29, 1.82) is 0 Å². The molecule has 2 amide bonds. The van der Waals surface area contributed by atoms with Gasteiger partial charge in [0.15, 0.2) is 15.4 Å². The van der Waals surface area contributed by atoms with Crippen molar-refractivity contribution in [3.8, 4) is 11.8 Å². The predicted octanol–water partition coefficient (Wildman–Crippen LogP) is 4.96. The zero-order chi connectivity index (χ0) is 61.2. The number of hydrogen-bond donors (Lipinski definition) is 4. The molecule has 1 atom stereocenters.